The quantitative estimate of drug-likeness (QED) is 0.576. The molecule has 0 saturated carbocycles. The predicted molar refractivity (Wildman–Crippen MR) is 66.7 cm³/mol. The van der Waals surface area contributed by atoms with Crippen molar-refractivity contribution in [2.24, 2.45) is 0 Å². The van der Waals surface area contributed by atoms with E-state index in [4.69, 9.17) is 5.11 Å². The lowest BCUT2D eigenvalue weighted by Crippen LogP contribution is -2.52. The van der Waals surface area contributed by atoms with Gasteiger partial charge in [-0.25, -0.2) is 19.2 Å². The Labute approximate surface area is 118 Å². The lowest BCUT2D eigenvalue weighted by Gasteiger charge is -2.25. The molecule has 0 aliphatic rings. The zero-order chi connectivity index (χ0) is 16.2. The number of carbonyl (C=O) groups excluding carboxylic acids is 2. The number of methoxy groups -OCH3 is 2. The van der Waals surface area contributed by atoms with Gasteiger partial charge in [-0.15, -0.1) is 0 Å². The average molecular weight is 296 g/mol. The van der Waals surface area contributed by atoms with E-state index < -0.39 is 40.4 Å². The van der Waals surface area contributed by atoms with E-state index in [1.807, 2.05) is 0 Å². The minimum Gasteiger partial charge on any atom is -0.480 e. The molecule has 0 aliphatic carbocycles. The van der Waals surface area contributed by atoms with Gasteiger partial charge in [-0.1, -0.05) is 18.2 Å². The molecular weight excluding hydrogens is 284 g/mol. The largest absolute Gasteiger partial charge is 0.480 e. The third-order valence-corrected chi connectivity index (χ3v) is 2.87. The molecule has 112 valence electrons. The number of carbonyl (C=O) groups is 4. The summed E-state index contributed by atoms with van der Waals surface area (Å²) < 4.78 is 8.75. The molecule has 2 N–H and O–H groups in total. The molecule has 8 heteroatoms. The van der Waals surface area contributed by atoms with Crippen LogP contribution in [0.1, 0.15) is 15.9 Å². The smallest absolute Gasteiger partial charge is 0.339 e. The van der Waals surface area contributed by atoms with Gasteiger partial charge in [0.1, 0.15) is 0 Å². The Morgan fingerprint density at radius 3 is 1.81 bits per heavy atom. The van der Waals surface area contributed by atoms with Crippen LogP contribution in [0.4, 0.5) is 0 Å². The first-order chi connectivity index (χ1) is 9.83. The van der Waals surface area contributed by atoms with Gasteiger partial charge in [-0.05, 0) is 6.07 Å². The van der Waals surface area contributed by atoms with Crippen molar-refractivity contribution in [2.75, 3.05) is 14.2 Å². The Balaban J connectivity index is 3.81. The molecule has 0 aromatic heterocycles. The van der Waals surface area contributed by atoms with Crippen molar-refractivity contribution in [3.63, 3.8) is 0 Å². The van der Waals surface area contributed by atoms with Crippen LogP contribution in [-0.2, 0) is 29.3 Å². The number of ether oxygens (including phenoxy) is 2. The Bertz CT molecular complexity index is 588. The van der Waals surface area contributed by atoms with E-state index in [9.17, 15) is 24.3 Å². The van der Waals surface area contributed by atoms with Crippen LogP contribution < -0.4 is 0 Å². The van der Waals surface area contributed by atoms with Gasteiger partial charge >= 0.3 is 23.9 Å². The Kier molecular flexibility index (Phi) is 4.64. The van der Waals surface area contributed by atoms with Crippen LogP contribution in [0, 0.1) is 0 Å². The van der Waals surface area contributed by atoms with E-state index in [0.29, 0.717) is 0 Å². The second-order valence-corrected chi connectivity index (χ2v) is 3.89. The van der Waals surface area contributed by atoms with Crippen LogP contribution in [0.25, 0.3) is 0 Å². The molecule has 0 bridgehead atoms. The van der Waals surface area contributed by atoms with Gasteiger partial charge in [0.05, 0.1) is 19.8 Å². The molecule has 0 radical (unpaired) electrons. The third kappa shape index (κ3) is 2.42. The van der Waals surface area contributed by atoms with E-state index in [0.717, 1.165) is 26.4 Å². The van der Waals surface area contributed by atoms with Crippen molar-refractivity contribution in [3.8, 4) is 0 Å². The van der Waals surface area contributed by atoms with E-state index in [1.165, 1.54) is 12.1 Å². The molecule has 8 nitrogen and oxygen atoms in total. The molecule has 21 heavy (non-hydrogen) atoms. The van der Waals surface area contributed by atoms with Gasteiger partial charge in [-0.3, -0.25) is 0 Å². The van der Waals surface area contributed by atoms with E-state index in [-0.39, 0.29) is 0 Å². The number of benzene rings is 1. The summed E-state index contributed by atoms with van der Waals surface area (Å²) in [6.45, 7) is 0. The number of rotatable bonds is 5. The van der Waals surface area contributed by atoms with Crippen molar-refractivity contribution in [2.45, 2.75) is 5.41 Å². The van der Waals surface area contributed by atoms with Gasteiger partial charge in [0.15, 0.2) is 0 Å². The normalized spacial score (nSPS) is 10.6. The molecular formula is C13H12O8. The van der Waals surface area contributed by atoms with Crippen LogP contribution in [0.3, 0.4) is 0 Å². The molecule has 0 spiro atoms. The number of carboxylic acid groups (broad SMARTS) is 2. The summed E-state index contributed by atoms with van der Waals surface area (Å²) in [7, 11) is 1.76. The minimum atomic E-state index is -2.90. The number of hydrogen-bond donors (Lipinski definition) is 2. The number of aromatic carboxylic acids is 1. The maximum Gasteiger partial charge on any atom is 0.339 e. The van der Waals surface area contributed by atoms with Crippen LogP contribution in [-0.4, -0.2) is 48.3 Å². The topological polar surface area (TPSA) is 127 Å². The van der Waals surface area contributed by atoms with Gasteiger partial charge in [-0.2, -0.15) is 0 Å². The van der Waals surface area contributed by atoms with E-state index >= 15 is 0 Å². The highest BCUT2D eigenvalue weighted by atomic mass is 16.5. The molecule has 1 aromatic carbocycles. The van der Waals surface area contributed by atoms with Crippen molar-refractivity contribution in [1.29, 1.82) is 0 Å². The molecule has 1 aromatic rings. The van der Waals surface area contributed by atoms with Crippen molar-refractivity contribution in [1.82, 2.24) is 0 Å². The fourth-order valence-electron chi connectivity index (χ4n) is 1.90. The van der Waals surface area contributed by atoms with Gasteiger partial charge in [0, 0.05) is 5.56 Å². The number of aliphatic carboxylic acids is 1. The van der Waals surface area contributed by atoms with Crippen LogP contribution in [0.15, 0.2) is 24.3 Å². The molecule has 0 saturated heterocycles. The molecule has 0 heterocycles. The lowest BCUT2D eigenvalue weighted by molar-refractivity contribution is -0.171. The van der Waals surface area contributed by atoms with Crippen molar-refractivity contribution >= 4 is 23.9 Å². The summed E-state index contributed by atoms with van der Waals surface area (Å²) >= 11 is 0. The maximum atomic E-state index is 12.0. The van der Waals surface area contributed by atoms with Crippen molar-refractivity contribution < 1.29 is 38.9 Å². The van der Waals surface area contributed by atoms with Gasteiger partial charge in [0.2, 0.25) is 0 Å². The Hall–Kier alpha value is -2.90. The summed E-state index contributed by atoms with van der Waals surface area (Å²) in [6.07, 6.45) is 0. The molecule has 0 fully saturated rings. The first-order valence-corrected chi connectivity index (χ1v) is 5.57. The van der Waals surface area contributed by atoms with Crippen LogP contribution >= 0.6 is 0 Å². The van der Waals surface area contributed by atoms with Crippen LogP contribution in [0.5, 0.6) is 0 Å². The molecule has 0 amide bonds. The highest BCUT2D eigenvalue weighted by Crippen LogP contribution is 2.31. The lowest BCUT2D eigenvalue weighted by atomic mass is 9.78. The standard InChI is InChI=1S/C13H12O8/c1-20-11(18)13(10(16)17,12(19)21-2)8-6-4-3-5-7(8)9(14)15/h3-6H,1-2H3,(H,14,15)(H,16,17). The molecule has 1 rings (SSSR count). The maximum absolute atomic E-state index is 12.0. The highest BCUT2D eigenvalue weighted by molar-refractivity contribution is 6.24. The monoisotopic (exact) mass is 296 g/mol. The number of hydrogen-bond acceptors (Lipinski definition) is 6. The number of carboxylic acids is 2. The summed E-state index contributed by atoms with van der Waals surface area (Å²) in [4.78, 5) is 46.7. The summed E-state index contributed by atoms with van der Waals surface area (Å²) in [6, 6.07) is 4.74. The number of esters is 2. The molecule has 0 aliphatic heterocycles. The van der Waals surface area contributed by atoms with E-state index in [1.54, 1.807) is 0 Å². The predicted octanol–water partition coefficient (Wildman–Crippen LogP) is 0.0532. The summed E-state index contributed by atoms with van der Waals surface area (Å²) in [5, 5.41) is 18.5. The fourth-order valence-corrected chi connectivity index (χ4v) is 1.90. The Morgan fingerprint density at radius 1 is 0.952 bits per heavy atom. The second-order valence-electron chi connectivity index (χ2n) is 3.89. The van der Waals surface area contributed by atoms with Crippen LogP contribution in [0.2, 0.25) is 0 Å². The highest BCUT2D eigenvalue weighted by Gasteiger charge is 2.59. The SMILES string of the molecule is COC(=O)C(C(=O)O)(C(=O)OC)c1ccccc1C(=O)O. The minimum absolute atomic E-state index is 0.518. The zero-order valence-electron chi connectivity index (χ0n) is 11.2. The molecule has 0 atom stereocenters. The Morgan fingerprint density at radius 2 is 1.43 bits per heavy atom. The van der Waals surface area contributed by atoms with Gasteiger partial charge < -0.3 is 19.7 Å². The van der Waals surface area contributed by atoms with Crippen molar-refractivity contribution in [3.05, 3.63) is 35.4 Å². The van der Waals surface area contributed by atoms with Gasteiger partial charge in [0.25, 0.3) is 5.41 Å². The summed E-state index contributed by atoms with van der Waals surface area (Å²) in [5.41, 5.74) is -3.96. The summed E-state index contributed by atoms with van der Waals surface area (Å²) in [5.74, 6) is -6.29. The second kappa shape index (κ2) is 6.04. The third-order valence-electron chi connectivity index (χ3n) is 2.87. The first kappa shape index (κ1) is 16.2. The zero-order valence-corrected chi connectivity index (χ0v) is 11.2. The first-order valence-electron chi connectivity index (χ1n) is 5.57. The average Bonchev–Trinajstić information content (AvgIpc) is 2.47. The van der Waals surface area contributed by atoms with E-state index in [2.05, 4.69) is 9.47 Å². The molecule has 0 unspecified atom stereocenters. The fraction of sp³-hybridized carbons (Fsp3) is 0.231.